The highest BCUT2D eigenvalue weighted by Gasteiger charge is 2.15. The number of rotatable bonds is 4. The van der Waals surface area contributed by atoms with Crippen molar-refractivity contribution in [2.45, 2.75) is 55.1 Å². The second-order valence-electron chi connectivity index (χ2n) is 5.02. The van der Waals surface area contributed by atoms with Gasteiger partial charge in [-0.1, -0.05) is 38.3 Å². The number of aliphatic hydroxyl groups is 1. The summed E-state index contributed by atoms with van der Waals surface area (Å²) in [5.74, 6) is 0.790. The standard InChI is InChI=1S/C15H22OS/c1-12(11-16)17-15-9-7-14(8-10-15)13-5-3-2-4-6-13/h7-10,12-13,16H,2-6,11H2,1H3. The average molecular weight is 250 g/mol. The Hall–Kier alpha value is -0.470. The highest BCUT2D eigenvalue weighted by molar-refractivity contribution is 8.00. The van der Waals surface area contributed by atoms with E-state index in [4.69, 9.17) is 5.11 Å². The van der Waals surface area contributed by atoms with E-state index in [1.807, 2.05) is 0 Å². The van der Waals surface area contributed by atoms with Crippen LogP contribution in [0.3, 0.4) is 0 Å². The third-order valence-electron chi connectivity index (χ3n) is 3.55. The minimum atomic E-state index is 0.245. The van der Waals surface area contributed by atoms with E-state index in [1.54, 1.807) is 11.8 Å². The van der Waals surface area contributed by atoms with Gasteiger partial charge in [0.1, 0.15) is 0 Å². The lowest BCUT2D eigenvalue weighted by atomic mass is 9.84. The summed E-state index contributed by atoms with van der Waals surface area (Å²) in [7, 11) is 0. The Morgan fingerprint density at radius 2 is 1.82 bits per heavy atom. The molecule has 1 atom stereocenters. The Kier molecular flexibility index (Phi) is 4.93. The minimum absolute atomic E-state index is 0.245. The zero-order valence-corrected chi connectivity index (χ0v) is 11.4. The zero-order chi connectivity index (χ0) is 12.1. The third-order valence-corrected chi connectivity index (χ3v) is 4.65. The predicted octanol–water partition coefficient (Wildman–Crippen LogP) is 4.21. The smallest absolute Gasteiger partial charge is 0.0550 e. The number of aliphatic hydroxyl groups excluding tert-OH is 1. The maximum Gasteiger partial charge on any atom is 0.0550 e. The minimum Gasteiger partial charge on any atom is -0.395 e. The van der Waals surface area contributed by atoms with Gasteiger partial charge in [0.05, 0.1) is 6.61 Å². The summed E-state index contributed by atoms with van der Waals surface area (Å²) in [6, 6.07) is 8.98. The highest BCUT2D eigenvalue weighted by atomic mass is 32.2. The van der Waals surface area contributed by atoms with Gasteiger partial charge in [0.15, 0.2) is 0 Å². The van der Waals surface area contributed by atoms with E-state index in [2.05, 4.69) is 31.2 Å². The van der Waals surface area contributed by atoms with E-state index in [1.165, 1.54) is 42.6 Å². The van der Waals surface area contributed by atoms with Crippen LogP contribution in [0.2, 0.25) is 0 Å². The molecule has 17 heavy (non-hydrogen) atoms. The van der Waals surface area contributed by atoms with Crippen molar-refractivity contribution in [2.24, 2.45) is 0 Å². The highest BCUT2D eigenvalue weighted by Crippen LogP contribution is 2.33. The van der Waals surface area contributed by atoms with Gasteiger partial charge in [-0.3, -0.25) is 0 Å². The van der Waals surface area contributed by atoms with Crippen molar-refractivity contribution >= 4 is 11.8 Å². The Labute approximate surface area is 109 Å². The van der Waals surface area contributed by atoms with Crippen LogP contribution in [-0.2, 0) is 0 Å². The molecule has 0 aromatic heterocycles. The summed E-state index contributed by atoms with van der Waals surface area (Å²) in [6.45, 7) is 2.30. The Bertz CT molecular complexity index is 327. The van der Waals surface area contributed by atoms with Crippen LogP contribution in [0, 0.1) is 0 Å². The van der Waals surface area contributed by atoms with E-state index >= 15 is 0 Å². The molecule has 0 aliphatic heterocycles. The van der Waals surface area contributed by atoms with Gasteiger partial charge in [0.2, 0.25) is 0 Å². The monoisotopic (exact) mass is 250 g/mol. The Balaban J connectivity index is 1.97. The van der Waals surface area contributed by atoms with Gasteiger partial charge in [0.25, 0.3) is 0 Å². The molecule has 0 bridgehead atoms. The van der Waals surface area contributed by atoms with Gasteiger partial charge in [0, 0.05) is 10.1 Å². The molecule has 0 spiro atoms. The fraction of sp³-hybridized carbons (Fsp3) is 0.600. The summed E-state index contributed by atoms with van der Waals surface area (Å²) in [4.78, 5) is 1.27. The van der Waals surface area contributed by atoms with E-state index in [9.17, 15) is 0 Å². The first-order chi connectivity index (χ1) is 8.29. The summed E-state index contributed by atoms with van der Waals surface area (Å²) >= 11 is 1.75. The van der Waals surface area contributed by atoms with Crippen molar-refractivity contribution in [1.29, 1.82) is 0 Å². The van der Waals surface area contributed by atoms with Crippen LogP contribution in [0.1, 0.15) is 50.5 Å². The quantitative estimate of drug-likeness (QED) is 0.808. The summed E-state index contributed by atoms with van der Waals surface area (Å²) in [6.07, 6.45) is 6.92. The lowest BCUT2D eigenvalue weighted by molar-refractivity contribution is 0.300. The lowest BCUT2D eigenvalue weighted by Crippen LogP contribution is -2.04. The molecule has 1 nitrogen and oxygen atoms in total. The molecule has 2 heteroatoms. The molecule has 0 heterocycles. The topological polar surface area (TPSA) is 20.2 Å². The molecule has 94 valence electrons. The van der Waals surface area contributed by atoms with Crippen LogP contribution in [-0.4, -0.2) is 17.0 Å². The zero-order valence-electron chi connectivity index (χ0n) is 10.6. The molecule has 0 amide bonds. The van der Waals surface area contributed by atoms with Gasteiger partial charge in [-0.15, -0.1) is 11.8 Å². The summed E-state index contributed by atoms with van der Waals surface area (Å²) in [5.41, 5.74) is 1.51. The predicted molar refractivity (Wildman–Crippen MR) is 74.7 cm³/mol. The average Bonchev–Trinajstić information content (AvgIpc) is 2.40. The van der Waals surface area contributed by atoms with Gasteiger partial charge in [-0.25, -0.2) is 0 Å². The van der Waals surface area contributed by atoms with E-state index in [0.717, 1.165) is 5.92 Å². The molecular formula is C15H22OS. The summed E-state index contributed by atoms with van der Waals surface area (Å²) < 4.78 is 0. The van der Waals surface area contributed by atoms with Crippen molar-refractivity contribution < 1.29 is 5.11 Å². The number of benzene rings is 1. The summed E-state index contributed by atoms with van der Waals surface area (Å²) in [5, 5.41) is 9.32. The number of thioether (sulfide) groups is 1. The molecule has 2 rings (SSSR count). The molecule has 1 aromatic carbocycles. The first-order valence-corrected chi connectivity index (χ1v) is 7.55. The third kappa shape index (κ3) is 3.75. The molecule has 1 aromatic rings. The van der Waals surface area contributed by atoms with Crippen LogP contribution >= 0.6 is 11.8 Å². The number of hydrogen-bond donors (Lipinski definition) is 1. The van der Waals surface area contributed by atoms with Crippen molar-refractivity contribution in [3.8, 4) is 0 Å². The van der Waals surface area contributed by atoms with Crippen molar-refractivity contribution in [1.82, 2.24) is 0 Å². The maximum atomic E-state index is 9.03. The fourth-order valence-electron chi connectivity index (χ4n) is 2.52. The van der Waals surface area contributed by atoms with Gasteiger partial charge in [-0.2, -0.15) is 0 Å². The number of hydrogen-bond acceptors (Lipinski definition) is 2. The lowest BCUT2D eigenvalue weighted by Gasteiger charge is -2.22. The Morgan fingerprint density at radius 3 is 2.41 bits per heavy atom. The first kappa shape index (κ1) is 13.0. The van der Waals surface area contributed by atoms with Crippen molar-refractivity contribution in [3.05, 3.63) is 29.8 Å². The van der Waals surface area contributed by atoms with Crippen LogP contribution in [0.25, 0.3) is 0 Å². The SMILES string of the molecule is CC(CO)Sc1ccc(C2CCCCC2)cc1. The van der Waals surface area contributed by atoms with Gasteiger partial charge in [-0.05, 0) is 36.5 Å². The van der Waals surface area contributed by atoms with Crippen LogP contribution in [0.5, 0.6) is 0 Å². The van der Waals surface area contributed by atoms with E-state index < -0.39 is 0 Å². The second-order valence-corrected chi connectivity index (χ2v) is 6.53. The molecular weight excluding hydrogens is 228 g/mol. The Morgan fingerprint density at radius 1 is 1.18 bits per heavy atom. The fourth-order valence-corrected chi connectivity index (χ4v) is 3.36. The molecule has 1 aliphatic rings. The molecule has 0 radical (unpaired) electrons. The van der Waals surface area contributed by atoms with Crippen LogP contribution in [0.4, 0.5) is 0 Å². The first-order valence-electron chi connectivity index (χ1n) is 6.67. The van der Waals surface area contributed by atoms with Crippen LogP contribution < -0.4 is 0 Å². The second kappa shape index (κ2) is 6.46. The van der Waals surface area contributed by atoms with Gasteiger partial charge >= 0.3 is 0 Å². The van der Waals surface area contributed by atoms with Gasteiger partial charge < -0.3 is 5.11 Å². The normalized spacial score (nSPS) is 19.2. The van der Waals surface area contributed by atoms with E-state index in [0.29, 0.717) is 0 Å². The molecule has 1 saturated carbocycles. The molecule has 1 unspecified atom stereocenters. The molecule has 1 fully saturated rings. The molecule has 1 N–H and O–H groups in total. The van der Waals surface area contributed by atoms with E-state index in [-0.39, 0.29) is 11.9 Å². The largest absolute Gasteiger partial charge is 0.395 e. The maximum absolute atomic E-state index is 9.03. The van der Waals surface area contributed by atoms with Crippen molar-refractivity contribution in [3.63, 3.8) is 0 Å². The molecule has 1 aliphatic carbocycles. The van der Waals surface area contributed by atoms with Crippen LogP contribution in [0.15, 0.2) is 29.2 Å². The molecule has 0 saturated heterocycles. The van der Waals surface area contributed by atoms with Crippen molar-refractivity contribution in [2.75, 3.05) is 6.61 Å².